The zero-order valence-corrected chi connectivity index (χ0v) is 14.8. The molecule has 0 atom stereocenters. The van der Waals surface area contributed by atoms with Crippen LogP contribution < -0.4 is 0 Å². The van der Waals surface area contributed by atoms with Crippen molar-refractivity contribution >= 4 is 28.9 Å². The normalized spacial score (nSPS) is 10.9. The Morgan fingerprint density at radius 1 is 0.963 bits per heavy atom. The van der Waals surface area contributed by atoms with E-state index in [1.165, 1.54) is 24.3 Å². The van der Waals surface area contributed by atoms with Crippen molar-refractivity contribution in [1.82, 2.24) is 15.3 Å². The molecule has 27 heavy (non-hydrogen) atoms. The summed E-state index contributed by atoms with van der Waals surface area (Å²) in [4.78, 5) is 14.5. The van der Waals surface area contributed by atoms with Gasteiger partial charge in [-0.1, -0.05) is 33.5 Å². The van der Waals surface area contributed by atoms with Gasteiger partial charge in [0.05, 0.1) is 9.95 Å². The lowest BCUT2D eigenvalue weighted by Crippen LogP contribution is -1.87. The summed E-state index contributed by atoms with van der Waals surface area (Å²) in [5, 5.41) is 19.4. The van der Waals surface area contributed by atoms with Gasteiger partial charge in [-0.25, -0.2) is 0 Å². The summed E-state index contributed by atoms with van der Waals surface area (Å²) in [5.41, 5.74) is 1.50. The van der Waals surface area contributed by atoms with Gasteiger partial charge >= 0.3 is 0 Å². The quantitative estimate of drug-likeness (QED) is 0.337. The summed E-state index contributed by atoms with van der Waals surface area (Å²) in [6.07, 6.45) is 0. The van der Waals surface area contributed by atoms with Gasteiger partial charge < -0.3 is 9.05 Å². The van der Waals surface area contributed by atoms with Gasteiger partial charge in [0.15, 0.2) is 11.5 Å². The van der Waals surface area contributed by atoms with Gasteiger partial charge in [0.1, 0.15) is 0 Å². The van der Waals surface area contributed by atoms with Gasteiger partial charge in [-0.3, -0.25) is 10.1 Å². The maximum atomic E-state index is 10.7. The maximum Gasteiger partial charge on any atom is 0.280 e. The number of benzene rings is 2. The SMILES string of the molecule is O=[N+]([O-])c1ccc(-c2noc(-c3cc(-c4ccc(Cl)cc4Cl)on3)n2)cc1. The fourth-order valence-electron chi connectivity index (χ4n) is 2.37. The third kappa shape index (κ3) is 3.40. The molecule has 0 amide bonds. The molecule has 0 aliphatic heterocycles. The highest BCUT2D eigenvalue weighted by Gasteiger charge is 2.18. The van der Waals surface area contributed by atoms with Crippen molar-refractivity contribution in [3.63, 3.8) is 0 Å². The average molecular weight is 403 g/mol. The molecule has 134 valence electrons. The number of non-ortho nitro benzene ring substituents is 1. The number of nitro groups is 1. The van der Waals surface area contributed by atoms with Crippen molar-refractivity contribution < 1.29 is 14.0 Å². The first-order valence-corrected chi connectivity index (χ1v) is 8.28. The highest BCUT2D eigenvalue weighted by molar-refractivity contribution is 6.36. The van der Waals surface area contributed by atoms with E-state index in [-0.39, 0.29) is 17.4 Å². The number of aromatic nitrogens is 3. The summed E-state index contributed by atoms with van der Waals surface area (Å²) >= 11 is 12.1. The molecular formula is C17H8Cl2N4O4. The van der Waals surface area contributed by atoms with E-state index in [0.717, 1.165) is 0 Å². The molecule has 0 bridgehead atoms. The van der Waals surface area contributed by atoms with Crippen LogP contribution in [-0.2, 0) is 0 Å². The first kappa shape index (κ1) is 17.2. The topological polar surface area (TPSA) is 108 Å². The van der Waals surface area contributed by atoms with E-state index in [2.05, 4.69) is 15.3 Å². The van der Waals surface area contributed by atoms with Crippen molar-refractivity contribution in [3.05, 3.63) is 68.7 Å². The second-order valence-corrected chi connectivity index (χ2v) is 6.27. The van der Waals surface area contributed by atoms with Gasteiger partial charge in [-0.2, -0.15) is 4.98 Å². The Labute approximate surface area is 161 Å². The van der Waals surface area contributed by atoms with Crippen molar-refractivity contribution in [1.29, 1.82) is 0 Å². The molecule has 0 fully saturated rings. The second-order valence-electron chi connectivity index (χ2n) is 5.43. The number of halogens is 2. The lowest BCUT2D eigenvalue weighted by molar-refractivity contribution is -0.384. The van der Waals surface area contributed by atoms with Crippen LogP contribution in [0.4, 0.5) is 5.69 Å². The van der Waals surface area contributed by atoms with Crippen LogP contribution >= 0.6 is 23.2 Å². The van der Waals surface area contributed by atoms with Crippen LogP contribution in [0, 0.1) is 10.1 Å². The van der Waals surface area contributed by atoms with E-state index in [0.29, 0.717) is 32.6 Å². The molecule has 10 heteroatoms. The first-order valence-electron chi connectivity index (χ1n) is 7.52. The largest absolute Gasteiger partial charge is 0.355 e. The Bertz CT molecular complexity index is 1140. The molecule has 0 radical (unpaired) electrons. The van der Waals surface area contributed by atoms with Gasteiger partial charge in [0.25, 0.3) is 11.6 Å². The van der Waals surface area contributed by atoms with Crippen molar-refractivity contribution in [2.24, 2.45) is 0 Å². The van der Waals surface area contributed by atoms with Gasteiger partial charge in [-0.05, 0) is 30.3 Å². The first-order chi connectivity index (χ1) is 13.0. The molecule has 0 N–H and O–H groups in total. The van der Waals surface area contributed by atoms with Gasteiger partial charge in [-0.15, -0.1) is 0 Å². The molecule has 2 aromatic heterocycles. The monoisotopic (exact) mass is 402 g/mol. The van der Waals surface area contributed by atoms with Crippen LogP contribution in [0.5, 0.6) is 0 Å². The van der Waals surface area contributed by atoms with Crippen LogP contribution in [-0.4, -0.2) is 20.2 Å². The number of rotatable bonds is 4. The zero-order valence-electron chi connectivity index (χ0n) is 13.3. The predicted octanol–water partition coefficient (Wildman–Crippen LogP) is 5.27. The van der Waals surface area contributed by atoms with Crippen LogP contribution in [0.3, 0.4) is 0 Å². The molecule has 0 aliphatic rings. The molecule has 8 nitrogen and oxygen atoms in total. The van der Waals surface area contributed by atoms with Crippen LogP contribution in [0.15, 0.2) is 57.6 Å². The van der Waals surface area contributed by atoms with Crippen LogP contribution in [0.1, 0.15) is 0 Å². The molecule has 0 unspecified atom stereocenters. The minimum atomic E-state index is -0.482. The molecule has 4 aromatic rings. The third-order valence-corrected chi connectivity index (χ3v) is 4.24. The van der Waals surface area contributed by atoms with E-state index in [1.807, 2.05) is 0 Å². The molecule has 4 rings (SSSR count). The average Bonchev–Trinajstić information content (AvgIpc) is 3.31. The number of hydrogen-bond acceptors (Lipinski definition) is 7. The Morgan fingerprint density at radius 3 is 2.44 bits per heavy atom. The second kappa shape index (κ2) is 6.82. The molecule has 0 aliphatic carbocycles. The standard InChI is InChI=1S/C17H8Cl2N4O4/c18-10-3-6-12(13(19)7-10)15-8-14(21-26-15)17-20-16(22-27-17)9-1-4-11(5-2-9)23(24)25/h1-8H. The molecule has 0 saturated heterocycles. The van der Waals surface area contributed by atoms with E-state index >= 15 is 0 Å². The van der Waals surface area contributed by atoms with Crippen molar-refractivity contribution in [2.75, 3.05) is 0 Å². The molecule has 0 spiro atoms. The van der Waals surface area contributed by atoms with Crippen molar-refractivity contribution in [2.45, 2.75) is 0 Å². The third-order valence-electron chi connectivity index (χ3n) is 3.69. The highest BCUT2D eigenvalue weighted by Crippen LogP contribution is 2.33. The fraction of sp³-hybridized carbons (Fsp3) is 0. The number of nitrogens with zero attached hydrogens (tertiary/aromatic N) is 4. The minimum Gasteiger partial charge on any atom is -0.355 e. The van der Waals surface area contributed by atoms with E-state index in [1.54, 1.807) is 24.3 Å². The number of hydrogen-bond donors (Lipinski definition) is 0. The minimum absolute atomic E-state index is 0.0246. The van der Waals surface area contributed by atoms with Gasteiger partial charge in [0, 0.05) is 34.3 Å². The molecular weight excluding hydrogens is 395 g/mol. The van der Waals surface area contributed by atoms with E-state index in [9.17, 15) is 10.1 Å². The maximum absolute atomic E-state index is 10.7. The predicted molar refractivity (Wildman–Crippen MR) is 97.3 cm³/mol. The summed E-state index contributed by atoms with van der Waals surface area (Å²) in [5.74, 6) is 0.833. The lowest BCUT2D eigenvalue weighted by atomic mass is 10.1. The zero-order chi connectivity index (χ0) is 19.0. The summed E-state index contributed by atoms with van der Waals surface area (Å²) in [6.45, 7) is 0. The van der Waals surface area contributed by atoms with Crippen molar-refractivity contribution in [3.8, 4) is 34.3 Å². The Kier molecular flexibility index (Phi) is 4.35. The lowest BCUT2D eigenvalue weighted by Gasteiger charge is -1.99. The smallest absolute Gasteiger partial charge is 0.280 e. The molecule has 0 saturated carbocycles. The van der Waals surface area contributed by atoms with Crippen LogP contribution in [0.25, 0.3) is 34.3 Å². The van der Waals surface area contributed by atoms with E-state index < -0.39 is 4.92 Å². The molecule has 2 aromatic carbocycles. The summed E-state index contributed by atoms with van der Waals surface area (Å²) < 4.78 is 10.5. The Balaban J connectivity index is 1.62. The Hall–Kier alpha value is -3.23. The number of nitro benzene ring substituents is 1. The molecule has 2 heterocycles. The fourth-order valence-corrected chi connectivity index (χ4v) is 2.87. The summed E-state index contributed by atoms with van der Waals surface area (Å²) in [6, 6.07) is 12.4. The van der Waals surface area contributed by atoms with E-state index in [4.69, 9.17) is 32.2 Å². The highest BCUT2D eigenvalue weighted by atomic mass is 35.5. The Morgan fingerprint density at radius 2 is 1.74 bits per heavy atom. The van der Waals surface area contributed by atoms with Crippen LogP contribution in [0.2, 0.25) is 10.0 Å². The van der Waals surface area contributed by atoms with Gasteiger partial charge in [0.2, 0.25) is 5.82 Å². The summed E-state index contributed by atoms with van der Waals surface area (Å²) in [7, 11) is 0.